The molecule has 0 radical (unpaired) electrons. The Kier molecular flexibility index (Phi) is 6.70. The van der Waals surface area contributed by atoms with E-state index in [1.807, 2.05) is 30.3 Å². The van der Waals surface area contributed by atoms with Crippen molar-refractivity contribution in [3.05, 3.63) is 60.4 Å². The van der Waals surface area contributed by atoms with Crippen LogP contribution in [0.15, 0.2) is 54.9 Å². The van der Waals surface area contributed by atoms with Crippen LogP contribution in [0.5, 0.6) is 0 Å². The SMILES string of the molecule is COC(=O)Nc1ccc2c(-c3nc(N[C@H]4CCCNC4)ncc3C(F)(F)F)c[nH]c2c1-c1ccccc1. The number of carbonyl (C=O) groups is 1. The van der Waals surface area contributed by atoms with Crippen molar-refractivity contribution in [2.45, 2.75) is 25.1 Å². The summed E-state index contributed by atoms with van der Waals surface area (Å²) >= 11 is 0. The third kappa shape index (κ3) is 5.08. The summed E-state index contributed by atoms with van der Waals surface area (Å²) in [5.74, 6) is 0.137. The van der Waals surface area contributed by atoms with Crippen LogP contribution >= 0.6 is 0 Å². The standard InChI is InChI=1S/C26H25F3N6O2/c1-37-25(36)34-20-10-9-17-18(13-31-23(17)21(20)15-6-3-2-4-7-15)22-19(26(27,28)29)14-32-24(35-22)33-16-8-5-11-30-12-16/h2-4,6-7,9-10,13-14,16,30-31H,5,8,11-12H2,1H3,(H,34,36)(H,32,33,35)/t16-/m0/s1. The molecule has 1 saturated heterocycles. The van der Waals surface area contributed by atoms with Gasteiger partial charge in [-0.25, -0.2) is 14.8 Å². The topological polar surface area (TPSA) is 104 Å². The molecule has 8 nitrogen and oxygen atoms in total. The molecule has 0 spiro atoms. The summed E-state index contributed by atoms with van der Waals surface area (Å²) in [5, 5.41) is 9.63. The Morgan fingerprint density at radius 1 is 1.16 bits per heavy atom. The molecule has 1 fully saturated rings. The van der Waals surface area contributed by atoms with Crippen molar-refractivity contribution in [3.63, 3.8) is 0 Å². The quantitative estimate of drug-likeness (QED) is 0.277. The monoisotopic (exact) mass is 510 g/mol. The maximum absolute atomic E-state index is 14.0. The minimum atomic E-state index is -4.65. The number of piperidine rings is 1. The van der Waals surface area contributed by atoms with Crippen LogP contribution in [0, 0.1) is 0 Å². The van der Waals surface area contributed by atoms with E-state index < -0.39 is 17.8 Å². The van der Waals surface area contributed by atoms with Crippen molar-refractivity contribution >= 4 is 28.6 Å². The number of nitrogens with one attached hydrogen (secondary N) is 4. The molecule has 3 heterocycles. The summed E-state index contributed by atoms with van der Waals surface area (Å²) in [6, 6.07) is 12.5. The molecule has 37 heavy (non-hydrogen) atoms. The van der Waals surface area contributed by atoms with Crippen molar-refractivity contribution in [3.8, 4) is 22.4 Å². The molecule has 1 aliphatic rings. The van der Waals surface area contributed by atoms with Crippen LogP contribution in [-0.4, -0.2) is 47.3 Å². The van der Waals surface area contributed by atoms with E-state index in [4.69, 9.17) is 4.74 Å². The van der Waals surface area contributed by atoms with Crippen LogP contribution in [0.4, 0.5) is 29.6 Å². The Morgan fingerprint density at radius 2 is 1.97 bits per heavy atom. The first-order valence-corrected chi connectivity index (χ1v) is 11.8. The molecule has 4 aromatic rings. The number of halogens is 3. The second kappa shape index (κ2) is 10.1. The first kappa shape index (κ1) is 24.6. The molecular formula is C26H25F3N6O2. The Morgan fingerprint density at radius 3 is 2.68 bits per heavy atom. The lowest BCUT2D eigenvalue weighted by atomic mass is 9.98. The second-order valence-corrected chi connectivity index (χ2v) is 8.74. The minimum Gasteiger partial charge on any atom is -0.453 e. The van der Waals surface area contributed by atoms with E-state index >= 15 is 0 Å². The molecular weight excluding hydrogens is 485 g/mol. The summed E-state index contributed by atoms with van der Waals surface area (Å²) in [5.41, 5.74) is 1.49. The van der Waals surface area contributed by atoms with Crippen molar-refractivity contribution in [2.24, 2.45) is 0 Å². The van der Waals surface area contributed by atoms with Crippen LogP contribution in [0.2, 0.25) is 0 Å². The number of alkyl halides is 3. The lowest BCUT2D eigenvalue weighted by molar-refractivity contribution is -0.137. The summed E-state index contributed by atoms with van der Waals surface area (Å²) in [7, 11) is 1.26. The van der Waals surface area contributed by atoms with Gasteiger partial charge < -0.3 is 20.4 Å². The number of nitrogens with zero attached hydrogens (tertiary/aromatic N) is 2. The maximum Gasteiger partial charge on any atom is 0.419 e. The fourth-order valence-corrected chi connectivity index (χ4v) is 4.59. The van der Waals surface area contributed by atoms with Gasteiger partial charge in [-0.05, 0) is 31.0 Å². The number of aromatic amines is 1. The number of methoxy groups -OCH3 is 1. The molecule has 11 heteroatoms. The molecule has 1 aliphatic heterocycles. The highest BCUT2D eigenvalue weighted by atomic mass is 19.4. The van der Waals surface area contributed by atoms with Gasteiger partial charge in [-0.3, -0.25) is 5.32 Å². The number of H-pyrrole nitrogens is 1. The van der Waals surface area contributed by atoms with E-state index in [2.05, 4.69) is 30.9 Å². The normalized spacial score (nSPS) is 15.9. The van der Waals surface area contributed by atoms with Crippen LogP contribution in [-0.2, 0) is 10.9 Å². The summed E-state index contributed by atoms with van der Waals surface area (Å²) < 4.78 is 46.9. The minimum absolute atomic E-state index is 0.0259. The van der Waals surface area contributed by atoms with Gasteiger partial charge in [0, 0.05) is 41.5 Å². The fraction of sp³-hybridized carbons (Fsp3) is 0.269. The Bertz CT molecular complexity index is 1420. The molecule has 0 aliphatic carbocycles. The molecule has 0 saturated carbocycles. The molecule has 192 valence electrons. The molecule has 0 bridgehead atoms. The van der Waals surface area contributed by atoms with Crippen LogP contribution in [0.1, 0.15) is 18.4 Å². The summed E-state index contributed by atoms with van der Waals surface area (Å²) in [6.45, 7) is 1.59. The Labute approximate surface area is 210 Å². The van der Waals surface area contributed by atoms with Gasteiger partial charge in [0.25, 0.3) is 0 Å². The number of ether oxygens (including phenoxy) is 1. The number of hydrogen-bond donors (Lipinski definition) is 4. The van der Waals surface area contributed by atoms with E-state index in [1.165, 1.54) is 13.3 Å². The predicted octanol–water partition coefficient (Wildman–Crippen LogP) is 5.65. The molecule has 2 aromatic carbocycles. The third-order valence-electron chi connectivity index (χ3n) is 6.32. The van der Waals surface area contributed by atoms with Gasteiger partial charge in [0.05, 0.1) is 24.0 Å². The molecule has 5 rings (SSSR count). The number of fused-ring (bicyclic) bond motifs is 1. The smallest absolute Gasteiger partial charge is 0.419 e. The van der Waals surface area contributed by atoms with Crippen molar-refractivity contribution in [1.82, 2.24) is 20.3 Å². The number of hydrogen-bond acceptors (Lipinski definition) is 6. The third-order valence-corrected chi connectivity index (χ3v) is 6.32. The molecule has 4 N–H and O–H groups in total. The highest BCUT2D eigenvalue weighted by Gasteiger charge is 2.36. The van der Waals surface area contributed by atoms with E-state index in [0.29, 0.717) is 28.7 Å². The number of rotatable bonds is 5. The number of benzene rings is 2. The lowest BCUT2D eigenvalue weighted by Gasteiger charge is -2.24. The molecule has 0 unspecified atom stereocenters. The second-order valence-electron chi connectivity index (χ2n) is 8.74. The summed E-state index contributed by atoms with van der Waals surface area (Å²) in [4.78, 5) is 23.4. The zero-order valence-electron chi connectivity index (χ0n) is 19.9. The van der Waals surface area contributed by atoms with Gasteiger partial charge in [-0.15, -0.1) is 0 Å². The molecule has 1 amide bonds. The van der Waals surface area contributed by atoms with E-state index in [1.54, 1.807) is 12.1 Å². The maximum atomic E-state index is 14.0. The number of aromatic nitrogens is 3. The largest absolute Gasteiger partial charge is 0.453 e. The van der Waals surface area contributed by atoms with Gasteiger partial charge in [-0.1, -0.05) is 36.4 Å². The first-order chi connectivity index (χ1) is 17.8. The Hall–Kier alpha value is -4.12. The molecule has 2 aromatic heterocycles. The summed E-state index contributed by atoms with van der Waals surface area (Å²) in [6.07, 6.45) is -1.16. The fourth-order valence-electron chi connectivity index (χ4n) is 4.59. The van der Waals surface area contributed by atoms with Crippen LogP contribution < -0.4 is 16.0 Å². The van der Waals surface area contributed by atoms with Gasteiger partial charge in [0.1, 0.15) is 5.56 Å². The van der Waals surface area contributed by atoms with E-state index in [0.717, 1.165) is 31.1 Å². The molecule has 1 atom stereocenters. The Balaban J connectivity index is 1.66. The highest BCUT2D eigenvalue weighted by molar-refractivity contribution is 6.08. The van der Waals surface area contributed by atoms with Crippen molar-refractivity contribution in [2.75, 3.05) is 30.8 Å². The van der Waals surface area contributed by atoms with Gasteiger partial charge in [-0.2, -0.15) is 13.2 Å². The van der Waals surface area contributed by atoms with Crippen molar-refractivity contribution < 1.29 is 22.7 Å². The van der Waals surface area contributed by atoms with E-state index in [9.17, 15) is 18.0 Å². The zero-order valence-corrected chi connectivity index (χ0v) is 19.9. The first-order valence-electron chi connectivity index (χ1n) is 11.8. The van der Waals surface area contributed by atoms with E-state index in [-0.39, 0.29) is 23.2 Å². The van der Waals surface area contributed by atoms with Gasteiger partial charge in [0.2, 0.25) is 5.95 Å². The van der Waals surface area contributed by atoms with Gasteiger partial charge >= 0.3 is 12.3 Å². The average Bonchev–Trinajstić information content (AvgIpc) is 3.33. The van der Waals surface area contributed by atoms with Gasteiger partial charge in [0.15, 0.2) is 0 Å². The predicted molar refractivity (Wildman–Crippen MR) is 135 cm³/mol. The van der Waals surface area contributed by atoms with Crippen LogP contribution in [0.3, 0.4) is 0 Å². The van der Waals surface area contributed by atoms with Crippen LogP contribution in [0.25, 0.3) is 33.3 Å². The average molecular weight is 511 g/mol. The number of amides is 1. The lowest BCUT2D eigenvalue weighted by Crippen LogP contribution is -2.38. The van der Waals surface area contributed by atoms with Crippen molar-refractivity contribution in [1.29, 1.82) is 0 Å². The number of carbonyl (C=O) groups excluding carboxylic acids is 1. The zero-order chi connectivity index (χ0) is 26.0. The number of anilines is 2. The highest BCUT2D eigenvalue weighted by Crippen LogP contribution is 2.42.